The number of aliphatic hydroxyl groups is 2. The molecule has 12 atom stereocenters. The molecule has 0 aromatic carbocycles. The summed E-state index contributed by atoms with van der Waals surface area (Å²) in [5.41, 5.74) is -1.35. The van der Waals surface area contributed by atoms with Crippen molar-refractivity contribution < 1.29 is 38.7 Å². The zero-order valence-corrected chi connectivity index (χ0v) is 30.2. The second-order valence-corrected chi connectivity index (χ2v) is 18.3. The third-order valence-electron chi connectivity index (χ3n) is 15.4. The smallest absolute Gasteiger partial charge is 0.303 e. The number of carbonyl (C=O) groups is 2. The molecule has 7 aliphatic rings. The van der Waals surface area contributed by atoms with Gasteiger partial charge < -0.3 is 34.1 Å². The van der Waals surface area contributed by atoms with E-state index in [4.69, 9.17) is 18.9 Å². The van der Waals surface area contributed by atoms with E-state index < -0.39 is 23.8 Å². The van der Waals surface area contributed by atoms with Crippen LogP contribution in [0.1, 0.15) is 114 Å². The number of hydrogen-bond donors (Lipinski definition) is 2. The van der Waals surface area contributed by atoms with Crippen LogP contribution in [-0.2, 0) is 28.5 Å². The minimum absolute atomic E-state index is 0.0302. The van der Waals surface area contributed by atoms with Gasteiger partial charge in [0.2, 0.25) is 5.91 Å². The van der Waals surface area contributed by atoms with Gasteiger partial charge in [-0.2, -0.15) is 0 Å². The maximum atomic E-state index is 12.5. The molecule has 5 saturated carbocycles. The molecule has 2 aliphatic heterocycles. The average Bonchev–Trinajstić information content (AvgIpc) is 3.61. The molecule has 2 radical (unpaired) electrons. The number of amides is 1. The minimum atomic E-state index is -1.31. The molecule has 9 nitrogen and oxygen atoms in total. The molecule has 2 spiro atoms. The van der Waals surface area contributed by atoms with E-state index in [9.17, 15) is 19.8 Å². The van der Waals surface area contributed by atoms with Crippen molar-refractivity contribution in [3.63, 3.8) is 0 Å². The highest BCUT2D eigenvalue weighted by atomic mass is 16.7. The monoisotopic (exact) mass is 657 g/mol. The predicted molar refractivity (Wildman–Crippen MR) is 174 cm³/mol. The van der Waals surface area contributed by atoms with E-state index >= 15 is 0 Å². The van der Waals surface area contributed by atoms with E-state index in [0.29, 0.717) is 44.1 Å². The van der Waals surface area contributed by atoms with Gasteiger partial charge in [0.15, 0.2) is 12.4 Å². The van der Waals surface area contributed by atoms with Crippen LogP contribution in [0.2, 0.25) is 0 Å². The quantitative estimate of drug-likeness (QED) is 0.377. The van der Waals surface area contributed by atoms with Gasteiger partial charge in [-0.1, -0.05) is 34.6 Å². The van der Waals surface area contributed by atoms with Gasteiger partial charge in [-0.3, -0.25) is 9.59 Å². The van der Waals surface area contributed by atoms with Crippen LogP contribution in [0.3, 0.4) is 0 Å². The highest BCUT2D eigenvalue weighted by molar-refractivity contribution is 5.73. The summed E-state index contributed by atoms with van der Waals surface area (Å²) < 4.78 is 25.0. The predicted octanol–water partition coefficient (Wildman–Crippen LogP) is 5.42. The van der Waals surface area contributed by atoms with Crippen LogP contribution in [0, 0.1) is 63.0 Å². The normalized spacial score (nSPS) is 48.3. The third kappa shape index (κ3) is 4.64. The van der Waals surface area contributed by atoms with Crippen LogP contribution in [0.5, 0.6) is 0 Å². The fourth-order valence-corrected chi connectivity index (χ4v) is 13.2. The summed E-state index contributed by atoms with van der Waals surface area (Å²) in [7, 11) is 0. The fourth-order valence-electron chi connectivity index (χ4n) is 13.2. The van der Waals surface area contributed by atoms with Crippen LogP contribution in [0.15, 0.2) is 0 Å². The topological polar surface area (TPSA) is 115 Å². The summed E-state index contributed by atoms with van der Waals surface area (Å²) in [5.74, 6) is 0.809. The SMILES string of the molecule is CC(=O)O[C@@H]([C]1C[C@@H](C)C2[C](O1)[C@H](O)[C@@]1(C)[C@@H]3CC[C@H]4C(C)(C)C(O[C@H]5CN(C(C)=O)CCO5)CC[C@@]45CC35CC[C@]21C)C(C)(C)O. The van der Waals surface area contributed by atoms with Crippen molar-refractivity contribution in [2.24, 2.45) is 50.7 Å². The number of morpholine rings is 1. The van der Waals surface area contributed by atoms with Gasteiger partial charge in [0.25, 0.3) is 0 Å². The molecule has 0 bridgehead atoms. The van der Waals surface area contributed by atoms with Crippen molar-refractivity contribution in [2.75, 3.05) is 19.7 Å². The van der Waals surface area contributed by atoms with Crippen molar-refractivity contribution in [1.82, 2.24) is 4.90 Å². The zero-order chi connectivity index (χ0) is 34.1. The van der Waals surface area contributed by atoms with Crippen molar-refractivity contribution in [2.45, 2.75) is 144 Å². The molecule has 264 valence electrons. The van der Waals surface area contributed by atoms with Crippen molar-refractivity contribution in [3.05, 3.63) is 12.2 Å². The number of hydrogen-bond acceptors (Lipinski definition) is 8. The molecule has 9 heteroatoms. The Morgan fingerprint density at radius 3 is 2.36 bits per heavy atom. The Hall–Kier alpha value is -1.26. The number of rotatable bonds is 5. The minimum Gasteiger partial charge on any atom is -0.456 e. The Kier molecular flexibility index (Phi) is 7.91. The van der Waals surface area contributed by atoms with E-state index in [1.54, 1.807) is 20.8 Å². The van der Waals surface area contributed by atoms with Crippen LogP contribution < -0.4 is 0 Å². The number of fused-ring (bicyclic) bond motifs is 4. The first kappa shape index (κ1) is 34.2. The highest BCUT2D eigenvalue weighted by Gasteiger charge is 2.85. The second-order valence-electron chi connectivity index (χ2n) is 18.3. The number of carbonyl (C=O) groups excluding carboxylic acids is 2. The first-order valence-corrected chi connectivity index (χ1v) is 18.3. The summed E-state index contributed by atoms with van der Waals surface area (Å²) in [6.07, 6.45) is 7.70. The first-order chi connectivity index (χ1) is 21.8. The Bertz CT molecular complexity index is 1280. The van der Waals surface area contributed by atoms with E-state index in [1.165, 1.54) is 19.8 Å². The molecule has 3 unspecified atom stereocenters. The molecule has 1 amide bonds. The number of ether oxygens (including phenoxy) is 4. The van der Waals surface area contributed by atoms with Gasteiger partial charge in [0.05, 0.1) is 31.0 Å². The lowest BCUT2D eigenvalue weighted by molar-refractivity contribution is -0.247. The van der Waals surface area contributed by atoms with Gasteiger partial charge in [-0.05, 0) is 105 Å². The molecule has 7 rings (SSSR count). The maximum absolute atomic E-state index is 12.5. The van der Waals surface area contributed by atoms with Crippen LogP contribution in [-0.4, -0.2) is 76.9 Å². The molecule has 5 aliphatic carbocycles. The molecule has 47 heavy (non-hydrogen) atoms. The van der Waals surface area contributed by atoms with Gasteiger partial charge in [-0.25, -0.2) is 0 Å². The van der Waals surface area contributed by atoms with Crippen molar-refractivity contribution in [3.8, 4) is 0 Å². The van der Waals surface area contributed by atoms with E-state index in [0.717, 1.165) is 38.2 Å². The van der Waals surface area contributed by atoms with Gasteiger partial charge in [-0.15, -0.1) is 0 Å². The molecule has 2 N–H and O–H groups in total. The number of aliphatic hydroxyl groups excluding tert-OH is 1. The summed E-state index contributed by atoms with van der Waals surface area (Å²) in [6, 6.07) is 0. The number of nitrogens with zero attached hydrogens (tertiary/aromatic N) is 1. The van der Waals surface area contributed by atoms with Gasteiger partial charge in [0.1, 0.15) is 12.2 Å². The van der Waals surface area contributed by atoms with Gasteiger partial charge in [0, 0.05) is 31.7 Å². The number of esters is 1. The lowest BCUT2D eigenvalue weighted by Crippen LogP contribution is -2.60. The summed E-state index contributed by atoms with van der Waals surface area (Å²) in [4.78, 5) is 26.0. The Balaban J connectivity index is 1.13. The van der Waals surface area contributed by atoms with E-state index in [2.05, 4.69) is 34.6 Å². The van der Waals surface area contributed by atoms with Gasteiger partial charge >= 0.3 is 5.97 Å². The zero-order valence-electron chi connectivity index (χ0n) is 30.2. The molecule has 0 aromatic heterocycles. The first-order valence-electron chi connectivity index (χ1n) is 18.3. The van der Waals surface area contributed by atoms with Crippen LogP contribution in [0.4, 0.5) is 0 Å². The lowest BCUT2D eigenvalue weighted by atomic mass is 9.41. The largest absolute Gasteiger partial charge is 0.456 e. The standard InChI is InChI=1S/C38H59NO8/c1-21-18-24(32(34(6,7)43)45-23(3)41)46-30-29(21)35(8)14-15-38-20-37(38)13-12-27(47-28-19-39(22(2)40)16-17-44-28)33(4,5)25(37)10-11-26(38)36(35,9)31(30)42/h21,25-29,31-32,42-43H,10-20H2,1-9H3/t21-,25+,26+,27?,28+,29?,31+,32+,35-,36-,37-,38?/m1/s1. The molecular formula is C38H59NO8. The second kappa shape index (κ2) is 10.9. The van der Waals surface area contributed by atoms with Crippen molar-refractivity contribution >= 4 is 11.9 Å². The molecule has 0 aromatic rings. The summed E-state index contributed by atoms with van der Waals surface area (Å²) in [6.45, 7) is 19.7. The van der Waals surface area contributed by atoms with Crippen LogP contribution >= 0.6 is 0 Å². The summed E-state index contributed by atoms with van der Waals surface area (Å²) >= 11 is 0. The Labute approximate surface area is 281 Å². The van der Waals surface area contributed by atoms with E-state index in [1.807, 2.05) is 4.90 Å². The Morgan fingerprint density at radius 2 is 1.70 bits per heavy atom. The summed E-state index contributed by atoms with van der Waals surface area (Å²) in [5, 5.41) is 23.5. The third-order valence-corrected chi connectivity index (χ3v) is 15.4. The molecule has 7 fully saturated rings. The molecule has 2 saturated heterocycles. The fraction of sp³-hybridized carbons (Fsp3) is 0.895. The maximum Gasteiger partial charge on any atom is 0.303 e. The van der Waals surface area contributed by atoms with Crippen LogP contribution in [0.25, 0.3) is 0 Å². The average molecular weight is 658 g/mol. The molecular weight excluding hydrogens is 598 g/mol. The molecule has 2 heterocycles. The van der Waals surface area contributed by atoms with Crippen molar-refractivity contribution in [1.29, 1.82) is 0 Å². The highest BCUT2D eigenvalue weighted by Crippen LogP contribution is 2.89. The lowest BCUT2D eigenvalue weighted by Gasteiger charge is -2.63. The van der Waals surface area contributed by atoms with E-state index in [-0.39, 0.29) is 57.2 Å². The Morgan fingerprint density at radius 1 is 1.02 bits per heavy atom.